The normalized spacial score (nSPS) is 19.1. The molecule has 0 aromatic heterocycles. The molecular formula is C18H23BrN2. The number of fused-ring (bicyclic) bond motifs is 1. The van der Waals surface area contributed by atoms with Crippen molar-refractivity contribution < 1.29 is 0 Å². The molecule has 0 bridgehead atoms. The molecule has 1 heterocycles. The standard InChI is InChI=1S/C18H23BrN2/c1-2-11-20-14-6-5-12-21(13-14)18-10-9-17(19)15-7-3-4-8-16(15)18/h3-4,7-10,14,20H,2,5-6,11-13H2,1H3. The Kier molecular flexibility index (Phi) is 4.81. The quantitative estimate of drug-likeness (QED) is 0.872. The fraction of sp³-hybridized carbons (Fsp3) is 0.444. The van der Waals surface area contributed by atoms with Crippen LogP contribution in [0.25, 0.3) is 10.8 Å². The molecule has 2 aromatic rings. The van der Waals surface area contributed by atoms with E-state index in [9.17, 15) is 0 Å². The third-order valence-electron chi connectivity index (χ3n) is 4.29. The Balaban J connectivity index is 1.88. The van der Waals surface area contributed by atoms with Crippen LogP contribution in [0.15, 0.2) is 40.9 Å². The predicted octanol–water partition coefficient (Wildman–Crippen LogP) is 4.57. The Hall–Kier alpha value is -1.06. The summed E-state index contributed by atoms with van der Waals surface area (Å²) in [5.41, 5.74) is 1.37. The van der Waals surface area contributed by atoms with Crippen molar-refractivity contribution in [1.29, 1.82) is 0 Å². The van der Waals surface area contributed by atoms with Gasteiger partial charge in [0, 0.05) is 34.7 Å². The molecule has 2 aromatic carbocycles. The van der Waals surface area contributed by atoms with Crippen LogP contribution in [-0.2, 0) is 0 Å². The predicted molar refractivity (Wildman–Crippen MR) is 95.2 cm³/mol. The summed E-state index contributed by atoms with van der Waals surface area (Å²) < 4.78 is 1.18. The number of hydrogen-bond acceptors (Lipinski definition) is 2. The topological polar surface area (TPSA) is 15.3 Å². The highest BCUT2D eigenvalue weighted by Crippen LogP contribution is 2.33. The minimum Gasteiger partial charge on any atom is -0.369 e. The van der Waals surface area contributed by atoms with Gasteiger partial charge in [0.25, 0.3) is 0 Å². The summed E-state index contributed by atoms with van der Waals surface area (Å²) in [6, 6.07) is 13.7. The van der Waals surface area contributed by atoms with E-state index < -0.39 is 0 Å². The Morgan fingerprint density at radius 2 is 2.00 bits per heavy atom. The molecule has 0 aliphatic carbocycles. The number of anilines is 1. The number of halogens is 1. The highest BCUT2D eigenvalue weighted by Gasteiger charge is 2.20. The largest absolute Gasteiger partial charge is 0.369 e. The summed E-state index contributed by atoms with van der Waals surface area (Å²) in [7, 11) is 0. The second-order valence-electron chi connectivity index (χ2n) is 5.85. The van der Waals surface area contributed by atoms with Gasteiger partial charge in [-0.15, -0.1) is 0 Å². The Morgan fingerprint density at radius 3 is 2.81 bits per heavy atom. The van der Waals surface area contributed by atoms with Crippen LogP contribution in [0.5, 0.6) is 0 Å². The SMILES string of the molecule is CCCNC1CCCN(c2ccc(Br)c3ccccc23)C1. The molecule has 112 valence electrons. The molecule has 1 aliphatic heterocycles. The first-order valence-electron chi connectivity index (χ1n) is 7.95. The zero-order valence-corrected chi connectivity index (χ0v) is 14.2. The van der Waals surface area contributed by atoms with Gasteiger partial charge >= 0.3 is 0 Å². The van der Waals surface area contributed by atoms with Crippen molar-refractivity contribution >= 4 is 32.4 Å². The molecule has 1 atom stereocenters. The van der Waals surface area contributed by atoms with Gasteiger partial charge in [-0.3, -0.25) is 0 Å². The van der Waals surface area contributed by atoms with Gasteiger partial charge in [0.1, 0.15) is 0 Å². The maximum absolute atomic E-state index is 3.68. The highest BCUT2D eigenvalue weighted by molar-refractivity contribution is 9.10. The maximum atomic E-state index is 3.68. The summed E-state index contributed by atoms with van der Waals surface area (Å²) in [4.78, 5) is 2.55. The van der Waals surface area contributed by atoms with Crippen LogP contribution < -0.4 is 10.2 Å². The van der Waals surface area contributed by atoms with Crippen LogP contribution >= 0.6 is 15.9 Å². The molecule has 0 spiro atoms. The zero-order valence-electron chi connectivity index (χ0n) is 12.6. The molecule has 1 unspecified atom stereocenters. The third kappa shape index (κ3) is 3.24. The van der Waals surface area contributed by atoms with Crippen LogP contribution in [0.2, 0.25) is 0 Å². The molecule has 3 heteroatoms. The molecule has 0 amide bonds. The maximum Gasteiger partial charge on any atom is 0.0447 e. The second kappa shape index (κ2) is 6.80. The summed E-state index contributed by atoms with van der Waals surface area (Å²) in [5, 5.41) is 6.33. The van der Waals surface area contributed by atoms with E-state index >= 15 is 0 Å². The average molecular weight is 347 g/mol. The Labute approximate surface area is 135 Å². The monoisotopic (exact) mass is 346 g/mol. The summed E-state index contributed by atoms with van der Waals surface area (Å²) in [6.07, 6.45) is 3.77. The molecule has 1 aliphatic rings. The van der Waals surface area contributed by atoms with E-state index in [4.69, 9.17) is 0 Å². The number of rotatable bonds is 4. The van der Waals surface area contributed by atoms with Gasteiger partial charge in [-0.1, -0.05) is 47.1 Å². The van der Waals surface area contributed by atoms with Gasteiger partial charge in [-0.25, -0.2) is 0 Å². The average Bonchev–Trinajstić information content (AvgIpc) is 2.54. The van der Waals surface area contributed by atoms with Crippen LogP contribution in [0.4, 0.5) is 5.69 Å². The number of hydrogen-bond donors (Lipinski definition) is 1. The molecule has 1 N–H and O–H groups in total. The van der Waals surface area contributed by atoms with Crippen molar-refractivity contribution in [3.63, 3.8) is 0 Å². The van der Waals surface area contributed by atoms with Crippen molar-refractivity contribution in [1.82, 2.24) is 5.32 Å². The van der Waals surface area contributed by atoms with Crippen molar-refractivity contribution in [3.8, 4) is 0 Å². The summed E-state index contributed by atoms with van der Waals surface area (Å²) >= 11 is 3.67. The lowest BCUT2D eigenvalue weighted by atomic mass is 10.0. The first-order chi connectivity index (χ1) is 10.3. The minimum atomic E-state index is 0.626. The van der Waals surface area contributed by atoms with Crippen LogP contribution in [0.3, 0.4) is 0 Å². The van der Waals surface area contributed by atoms with Crippen LogP contribution in [0.1, 0.15) is 26.2 Å². The molecule has 21 heavy (non-hydrogen) atoms. The molecular weight excluding hydrogens is 324 g/mol. The van der Waals surface area contributed by atoms with Crippen molar-refractivity contribution in [2.24, 2.45) is 0 Å². The highest BCUT2D eigenvalue weighted by atomic mass is 79.9. The smallest absolute Gasteiger partial charge is 0.0447 e. The molecule has 1 fully saturated rings. The lowest BCUT2D eigenvalue weighted by molar-refractivity contribution is 0.424. The zero-order chi connectivity index (χ0) is 14.7. The van der Waals surface area contributed by atoms with Crippen molar-refractivity contribution in [2.45, 2.75) is 32.2 Å². The van der Waals surface area contributed by atoms with Crippen molar-refractivity contribution in [2.75, 3.05) is 24.5 Å². The minimum absolute atomic E-state index is 0.626. The van der Waals surface area contributed by atoms with E-state index in [0.717, 1.165) is 19.6 Å². The van der Waals surface area contributed by atoms with Gasteiger partial charge in [0.2, 0.25) is 0 Å². The lowest BCUT2D eigenvalue weighted by Crippen LogP contribution is -2.46. The molecule has 3 rings (SSSR count). The van der Waals surface area contributed by atoms with Crippen LogP contribution in [-0.4, -0.2) is 25.7 Å². The fourth-order valence-corrected chi connectivity index (χ4v) is 3.71. The number of piperidine rings is 1. The van der Waals surface area contributed by atoms with Gasteiger partial charge in [0.15, 0.2) is 0 Å². The van der Waals surface area contributed by atoms with E-state index in [1.807, 2.05) is 0 Å². The van der Waals surface area contributed by atoms with Crippen molar-refractivity contribution in [3.05, 3.63) is 40.9 Å². The molecule has 2 nitrogen and oxygen atoms in total. The first kappa shape index (κ1) is 14.9. The summed E-state index contributed by atoms with van der Waals surface area (Å²) in [5.74, 6) is 0. The Morgan fingerprint density at radius 1 is 1.19 bits per heavy atom. The van der Waals surface area contributed by atoms with Gasteiger partial charge in [-0.2, -0.15) is 0 Å². The number of nitrogens with one attached hydrogen (secondary N) is 1. The van der Waals surface area contributed by atoms with E-state index in [1.54, 1.807) is 0 Å². The number of benzene rings is 2. The van der Waals surface area contributed by atoms with Gasteiger partial charge in [-0.05, 0) is 43.3 Å². The van der Waals surface area contributed by atoms with E-state index in [-0.39, 0.29) is 0 Å². The second-order valence-corrected chi connectivity index (χ2v) is 6.71. The fourth-order valence-electron chi connectivity index (χ4n) is 3.23. The lowest BCUT2D eigenvalue weighted by Gasteiger charge is -2.35. The summed E-state index contributed by atoms with van der Waals surface area (Å²) in [6.45, 7) is 5.64. The molecule has 0 radical (unpaired) electrons. The Bertz CT molecular complexity index is 611. The van der Waals surface area contributed by atoms with E-state index in [0.29, 0.717) is 6.04 Å². The van der Waals surface area contributed by atoms with Gasteiger partial charge < -0.3 is 10.2 Å². The number of nitrogens with zero attached hydrogens (tertiary/aromatic N) is 1. The van der Waals surface area contributed by atoms with E-state index in [2.05, 4.69) is 69.5 Å². The first-order valence-corrected chi connectivity index (χ1v) is 8.74. The molecule has 1 saturated heterocycles. The van der Waals surface area contributed by atoms with Crippen LogP contribution in [0, 0.1) is 0 Å². The third-order valence-corrected chi connectivity index (χ3v) is 4.98. The molecule has 0 saturated carbocycles. The van der Waals surface area contributed by atoms with E-state index in [1.165, 1.54) is 40.2 Å². The van der Waals surface area contributed by atoms with Gasteiger partial charge in [0.05, 0.1) is 0 Å².